The number of ether oxygens (including phenoxy) is 2. The van der Waals surface area contributed by atoms with Crippen molar-refractivity contribution < 1.29 is 31.8 Å². The summed E-state index contributed by atoms with van der Waals surface area (Å²) in [7, 11) is 0.0374. The van der Waals surface area contributed by atoms with E-state index in [1.807, 2.05) is 6.92 Å². The molecule has 0 spiro atoms. The first-order chi connectivity index (χ1) is 10.3. The van der Waals surface area contributed by atoms with Crippen molar-refractivity contribution in [1.82, 2.24) is 0 Å². The average molecular weight is 355 g/mol. The molecule has 0 aliphatic heterocycles. The maximum Gasteiger partial charge on any atom is 0.314 e. The van der Waals surface area contributed by atoms with Crippen molar-refractivity contribution >= 4 is 25.8 Å². The van der Waals surface area contributed by atoms with Gasteiger partial charge >= 0.3 is 5.97 Å². The smallest absolute Gasteiger partial charge is 0.314 e. The summed E-state index contributed by atoms with van der Waals surface area (Å²) in [6, 6.07) is 0. The molecule has 22 heavy (non-hydrogen) atoms. The van der Waals surface area contributed by atoms with Crippen LogP contribution < -0.4 is 0 Å². The molecule has 0 aliphatic carbocycles. The summed E-state index contributed by atoms with van der Waals surface area (Å²) >= 11 is -2.83. The highest BCUT2D eigenvalue weighted by Gasteiger charge is 2.43. The molecule has 0 saturated heterocycles. The van der Waals surface area contributed by atoms with E-state index < -0.39 is 29.0 Å². The van der Waals surface area contributed by atoms with E-state index in [0.717, 1.165) is 0 Å². The van der Waals surface area contributed by atoms with E-state index in [9.17, 15) is 18.1 Å². The van der Waals surface area contributed by atoms with E-state index in [4.69, 9.17) is 13.7 Å². The van der Waals surface area contributed by atoms with Crippen LogP contribution in [0.4, 0.5) is 0 Å². The Balaban J connectivity index is 5.25. The zero-order valence-corrected chi connectivity index (χ0v) is 15.1. The van der Waals surface area contributed by atoms with Gasteiger partial charge in [-0.05, 0) is 39.5 Å². The molecule has 0 fully saturated rings. The van der Waals surface area contributed by atoms with Gasteiger partial charge < -0.3 is 14.0 Å². The number of esters is 1. The fraction of sp³-hybridized carbons (Fsp3) is 0.923. The van der Waals surface area contributed by atoms with Crippen molar-refractivity contribution in [2.45, 2.75) is 46.3 Å². The third kappa shape index (κ3) is 7.74. The van der Waals surface area contributed by atoms with Crippen LogP contribution in [-0.2, 0) is 34.4 Å². The van der Waals surface area contributed by atoms with Gasteiger partial charge in [-0.1, -0.05) is 6.92 Å². The van der Waals surface area contributed by atoms with Crippen molar-refractivity contribution in [3.63, 3.8) is 0 Å². The van der Waals surface area contributed by atoms with E-state index in [0.29, 0.717) is 19.0 Å². The topological polar surface area (TPSA) is 102 Å². The summed E-state index contributed by atoms with van der Waals surface area (Å²) in [6.07, 6.45) is 1.40. The van der Waals surface area contributed by atoms with Crippen LogP contribution in [0.3, 0.4) is 0 Å². The van der Waals surface area contributed by atoms with E-state index >= 15 is 0 Å². The highest BCUT2D eigenvalue weighted by Crippen LogP contribution is 2.32. The van der Waals surface area contributed by atoms with Gasteiger partial charge in [0.05, 0.1) is 18.0 Å². The summed E-state index contributed by atoms with van der Waals surface area (Å²) in [6.45, 7) is 6.99. The largest absolute Gasteiger partial charge is 0.750 e. The van der Waals surface area contributed by atoms with Crippen LogP contribution in [0, 0.1) is 11.8 Å². The number of hydrogen-bond donors (Lipinski definition) is 0. The molecule has 0 heterocycles. The van der Waals surface area contributed by atoms with E-state index in [1.54, 1.807) is 13.8 Å². The van der Waals surface area contributed by atoms with Gasteiger partial charge in [0.1, 0.15) is 5.92 Å². The maximum atomic E-state index is 12.2. The molecule has 7 nitrogen and oxygen atoms in total. The zero-order valence-electron chi connectivity index (χ0n) is 13.4. The van der Waals surface area contributed by atoms with E-state index in [2.05, 4.69) is 0 Å². The van der Waals surface area contributed by atoms with Gasteiger partial charge in [-0.3, -0.25) is 13.5 Å². The molecule has 0 radical (unpaired) electrons. The summed E-state index contributed by atoms with van der Waals surface area (Å²) in [4.78, 5) is 12.2. The number of hydrogen-bond acceptors (Lipinski definition) is 7. The van der Waals surface area contributed by atoms with Gasteiger partial charge in [0, 0.05) is 12.8 Å². The highest BCUT2D eigenvalue weighted by atomic mass is 32.2. The third-order valence-electron chi connectivity index (χ3n) is 3.22. The predicted octanol–water partition coefficient (Wildman–Crippen LogP) is 2.44. The highest BCUT2D eigenvalue weighted by molar-refractivity contribution is 7.74. The van der Waals surface area contributed by atoms with Crippen molar-refractivity contribution in [3.05, 3.63) is 0 Å². The molecule has 4 atom stereocenters. The van der Waals surface area contributed by atoms with Gasteiger partial charge in [-0.25, -0.2) is 4.21 Å². The first kappa shape index (κ1) is 21.6. The van der Waals surface area contributed by atoms with Crippen molar-refractivity contribution in [2.75, 3.05) is 19.4 Å². The Morgan fingerprint density at radius 2 is 2.00 bits per heavy atom. The molecule has 9 heteroatoms. The first-order valence-electron chi connectivity index (χ1n) is 7.19. The number of rotatable bonds is 12. The molecule has 0 N–H and O–H groups in total. The molecule has 0 aromatic heterocycles. The second-order valence-electron chi connectivity index (χ2n) is 5.02. The van der Waals surface area contributed by atoms with Gasteiger partial charge in [-0.2, -0.15) is 0 Å². The average Bonchev–Trinajstić information content (AvgIpc) is 2.41. The monoisotopic (exact) mass is 355 g/mol. The Morgan fingerprint density at radius 1 is 1.36 bits per heavy atom. The van der Waals surface area contributed by atoms with Crippen LogP contribution in [-0.4, -0.2) is 39.9 Å². The Bertz CT molecular complexity index is 379. The Hall–Kier alpha value is -0.400. The molecule has 0 rings (SSSR count). The molecule has 0 aromatic carbocycles. The van der Waals surface area contributed by atoms with E-state index in [1.165, 1.54) is 6.92 Å². The van der Waals surface area contributed by atoms with Crippen LogP contribution in [0.25, 0.3) is 0 Å². The SMILES string of the molecule is CCOC(=O)C(CC(C)CCP=O)C(C)(OCC)OS(=O)[O-]. The molecule has 130 valence electrons. The Kier molecular flexibility index (Phi) is 11.0. The van der Waals surface area contributed by atoms with Gasteiger partial charge in [0.2, 0.25) is 0 Å². The lowest BCUT2D eigenvalue weighted by Gasteiger charge is -2.36. The number of carbonyl (C=O) groups is 1. The maximum absolute atomic E-state index is 12.2. The molecule has 4 unspecified atom stereocenters. The fourth-order valence-corrected chi connectivity index (χ4v) is 3.15. The summed E-state index contributed by atoms with van der Waals surface area (Å²) in [5, 5.41) is 0. The first-order valence-corrected chi connectivity index (χ1v) is 9.18. The van der Waals surface area contributed by atoms with Crippen LogP contribution in [0.5, 0.6) is 0 Å². The van der Waals surface area contributed by atoms with Crippen LogP contribution in [0.1, 0.15) is 40.5 Å². The summed E-state index contributed by atoms with van der Waals surface area (Å²) < 4.78 is 47.7. The molecular formula is C13H24O7PS-. The summed E-state index contributed by atoms with van der Waals surface area (Å²) in [5.41, 5.74) is 0. The van der Waals surface area contributed by atoms with Crippen LogP contribution >= 0.6 is 8.46 Å². The minimum Gasteiger partial charge on any atom is -0.750 e. The van der Waals surface area contributed by atoms with Crippen molar-refractivity contribution in [1.29, 1.82) is 0 Å². The Labute approximate surface area is 135 Å². The van der Waals surface area contributed by atoms with Crippen molar-refractivity contribution in [3.8, 4) is 0 Å². The van der Waals surface area contributed by atoms with E-state index in [-0.39, 0.29) is 27.6 Å². The van der Waals surface area contributed by atoms with Crippen molar-refractivity contribution in [2.24, 2.45) is 11.8 Å². The molecular weight excluding hydrogens is 331 g/mol. The van der Waals surface area contributed by atoms with Crippen LogP contribution in [0.2, 0.25) is 0 Å². The lowest BCUT2D eigenvalue weighted by atomic mass is 9.88. The second kappa shape index (κ2) is 11.2. The molecule has 0 aliphatic rings. The zero-order chi connectivity index (χ0) is 17.2. The van der Waals surface area contributed by atoms with Gasteiger partial charge in [-0.15, -0.1) is 0 Å². The molecule has 0 amide bonds. The quantitative estimate of drug-likeness (QED) is 0.229. The minimum absolute atomic E-state index is 0.0272. The third-order valence-corrected chi connectivity index (χ3v) is 4.13. The standard InChI is InChI=1S/C13H25O7PS/c1-5-18-12(14)11(9-10(3)7-8-21-15)13(4,19-6-2)20-22(16)17/h10-11H,5-9H2,1-4H3,(H,16,17)/p-1. The Morgan fingerprint density at radius 3 is 2.45 bits per heavy atom. The van der Waals surface area contributed by atoms with Gasteiger partial charge in [0.25, 0.3) is 0 Å². The lowest BCUT2D eigenvalue weighted by Crippen LogP contribution is -2.46. The summed E-state index contributed by atoms with van der Waals surface area (Å²) in [5.74, 6) is -3.07. The normalized spacial score (nSPS) is 18.4. The van der Waals surface area contributed by atoms with Crippen LogP contribution in [0.15, 0.2) is 0 Å². The predicted molar refractivity (Wildman–Crippen MR) is 81.0 cm³/mol. The lowest BCUT2D eigenvalue weighted by molar-refractivity contribution is -0.214. The second-order valence-corrected chi connectivity index (χ2v) is 6.30. The number of carbonyl (C=O) groups excluding carboxylic acids is 1. The fourth-order valence-electron chi connectivity index (χ4n) is 2.16. The molecule has 0 aromatic rings. The molecule has 0 saturated carbocycles. The molecule has 0 bridgehead atoms. The van der Waals surface area contributed by atoms with Gasteiger partial charge in [0.15, 0.2) is 14.2 Å². The minimum atomic E-state index is -2.83.